The van der Waals surface area contributed by atoms with Crippen LogP contribution in [0.25, 0.3) is 11.3 Å². The van der Waals surface area contributed by atoms with Gasteiger partial charge in [-0.1, -0.05) is 11.2 Å². The minimum absolute atomic E-state index is 0.0954. The van der Waals surface area contributed by atoms with Crippen molar-refractivity contribution in [1.29, 1.82) is 0 Å². The van der Waals surface area contributed by atoms with E-state index in [4.69, 9.17) is 8.94 Å². The Bertz CT molecular complexity index is 1210. The Morgan fingerprint density at radius 1 is 1.09 bits per heavy atom. The molecule has 0 radical (unpaired) electrons. The number of anilines is 1. The van der Waals surface area contributed by atoms with Crippen molar-refractivity contribution in [2.75, 3.05) is 38.1 Å². The molecular formula is C25H25FN4O3S. The van der Waals surface area contributed by atoms with Gasteiger partial charge >= 0.3 is 0 Å². The van der Waals surface area contributed by atoms with Crippen molar-refractivity contribution in [3.05, 3.63) is 82.2 Å². The van der Waals surface area contributed by atoms with Crippen molar-refractivity contribution in [2.45, 2.75) is 13.1 Å². The molecule has 4 aromatic rings. The molecule has 1 aliphatic heterocycles. The number of piperazine rings is 1. The number of carbonyl (C=O) groups is 1. The van der Waals surface area contributed by atoms with Gasteiger partial charge in [-0.3, -0.25) is 4.79 Å². The summed E-state index contributed by atoms with van der Waals surface area (Å²) in [4.78, 5) is 20.3. The molecule has 0 N–H and O–H groups in total. The summed E-state index contributed by atoms with van der Waals surface area (Å²) in [6.45, 7) is 3.96. The quantitative estimate of drug-likeness (QED) is 0.381. The minimum atomic E-state index is -0.319. The van der Waals surface area contributed by atoms with E-state index in [9.17, 15) is 9.18 Å². The molecule has 0 saturated carbocycles. The first-order valence-electron chi connectivity index (χ1n) is 11.1. The molecule has 34 heavy (non-hydrogen) atoms. The van der Waals surface area contributed by atoms with Gasteiger partial charge in [0.25, 0.3) is 5.91 Å². The number of hydrogen-bond donors (Lipinski definition) is 0. The van der Waals surface area contributed by atoms with E-state index in [1.165, 1.54) is 23.5 Å². The molecule has 1 fully saturated rings. The maximum absolute atomic E-state index is 13.6. The Labute approximate surface area is 201 Å². The fraction of sp³-hybridized carbons (Fsp3) is 0.280. The van der Waals surface area contributed by atoms with Crippen LogP contribution in [0.2, 0.25) is 0 Å². The predicted molar refractivity (Wildman–Crippen MR) is 128 cm³/mol. The number of benzene rings is 1. The first-order valence-corrected chi connectivity index (χ1v) is 12.0. The van der Waals surface area contributed by atoms with Crippen LogP contribution >= 0.6 is 11.3 Å². The van der Waals surface area contributed by atoms with Crippen LogP contribution in [-0.4, -0.2) is 54.1 Å². The molecule has 1 aromatic carbocycles. The number of amides is 1. The number of rotatable bonds is 7. The Balaban J connectivity index is 1.53. The number of furan rings is 1. The van der Waals surface area contributed by atoms with Gasteiger partial charge in [0.1, 0.15) is 17.3 Å². The molecule has 1 saturated heterocycles. The normalized spacial score (nSPS) is 14.5. The number of hydrogen-bond acceptors (Lipinski definition) is 7. The van der Waals surface area contributed by atoms with E-state index >= 15 is 0 Å². The van der Waals surface area contributed by atoms with Gasteiger partial charge in [0.15, 0.2) is 0 Å². The summed E-state index contributed by atoms with van der Waals surface area (Å²) >= 11 is 1.40. The number of halogens is 1. The van der Waals surface area contributed by atoms with Gasteiger partial charge in [0.05, 0.1) is 29.8 Å². The lowest BCUT2D eigenvalue weighted by Crippen LogP contribution is -2.44. The van der Waals surface area contributed by atoms with E-state index in [0.717, 1.165) is 37.3 Å². The highest BCUT2D eigenvalue weighted by molar-refractivity contribution is 7.12. The topological polar surface area (TPSA) is 66.0 Å². The smallest absolute Gasteiger partial charge is 0.264 e. The summed E-state index contributed by atoms with van der Waals surface area (Å²) in [5.41, 5.74) is 2.15. The second kappa shape index (κ2) is 9.82. The minimum Gasteiger partial charge on any atom is -0.467 e. The third-order valence-electron chi connectivity index (χ3n) is 5.97. The number of aromatic nitrogens is 1. The molecule has 7 nitrogen and oxygen atoms in total. The highest BCUT2D eigenvalue weighted by Crippen LogP contribution is 2.34. The number of carbonyl (C=O) groups excluding carboxylic acids is 1. The summed E-state index contributed by atoms with van der Waals surface area (Å²) < 4.78 is 25.0. The maximum atomic E-state index is 13.6. The number of thiophene rings is 1. The van der Waals surface area contributed by atoms with E-state index < -0.39 is 0 Å². The van der Waals surface area contributed by atoms with Crippen LogP contribution in [0, 0.1) is 5.82 Å². The lowest BCUT2D eigenvalue weighted by Gasteiger charge is -2.32. The third-order valence-corrected chi connectivity index (χ3v) is 6.83. The molecule has 0 spiro atoms. The molecule has 1 aliphatic rings. The van der Waals surface area contributed by atoms with Crippen molar-refractivity contribution in [2.24, 2.45) is 0 Å². The lowest BCUT2D eigenvalue weighted by atomic mass is 10.1. The highest BCUT2D eigenvalue weighted by atomic mass is 32.1. The summed E-state index contributed by atoms with van der Waals surface area (Å²) in [6.07, 6.45) is 1.60. The maximum Gasteiger partial charge on any atom is 0.264 e. The van der Waals surface area contributed by atoms with Crippen molar-refractivity contribution >= 4 is 23.1 Å². The van der Waals surface area contributed by atoms with Crippen LogP contribution in [0.4, 0.5) is 10.3 Å². The predicted octanol–water partition coefficient (Wildman–Crippen LogP) is 4.73. The van der Waals surface area contributed by atoms with Gasteiger partial charge in [0, 0.05) is 31.7 Å². The highest BCUT2D eigenvalue weighted by Gasteiger charge is 2.29. The van der Waals surface area contributed by atoms with E-state index in [2.05, 4.69) is 22.0 Å². The van der Waals surface area contributed by atoms with Crippen LogP contribution in [0.1, 0.15) is 21.0 Å². The average molecular weight is 481 g/mol. The molecule has 0 unspecified atom stereocenters. The van der Waals surface area contributed by atoms with Crippen LogP contribution in [0.15, 0.2) is 69.1 Å². The molecule has 0 aliphatic carbocycles. The molecule has 176 valence electrons. The first kappa shape index (κ1) is 22.4. The van der Waals surface area contributed by atoms with E-state index in [0.29, 0.717) is 28.8 Å². The number of likely N-dealkylation sites (N-methyl/N-ethyl adjacent to an activating group) is 1. The summed E-state index contributed by atoms with van der Waals surface area (Å²) in [5.74, 6) is 0.920. The van der Waals surface area contributed by atoms with Crippen molar-refractivity contribution in [1.82, 2.24) is 15.0 Å². The van der Waals surface area contributed by atoms with Crippen LogP contribution in [0.3, 0.4) is 0 Å². The fourth-order valence-electron chi connectivity index (χ4n) is 4.07. The van der Waals surface area contributed by atoms with Gasteiger partial charge in [-0.2, -0.15) is 0 Å². The van der Waals surface area contributed by atoms with Crippen molar-refractivity contribution in [3.63, 3.8) is 0 Å². The summed E-state index contributed by atoms with van der Waals surface area (Å²) in [6, 6.07) is 13.5. The Morgan fingerprint density at radius 2 is 1.88 bits per heavy atom. The second-order valence-corrected chi connectivity index (χ2v) is 9.28. The van der Waals surface area contributed by atoms with Gasteiger partial charge in [0.2, 0.25) is 5.88 Å². The van der Waals surface area contributed by atoms with Crippen molar-refractivity contribution < 1.29 is 18.1 Å². The van der Waals surface area contributed by atoms with E-state index in [1.807, 2.05) is 29.6 Å². The summed E-state index contributed by atoms with van der Waals surface area (Å²) in [5, 5.41) is 6.26. The summed E-state index contributed by atoms with van der Waals surface area (Å²) in [7, 11) is 2.09. The zero-order valence-corrected chi connectivity index (χ0v) is 19.6. The van der Waals surface area contributed by atoms with Gasteiger partial charge in [-0.15, -0.1) is 11.3 Å². The molecule has 0 bridgehead atoms. The molecule has 1 amide bonds. The van der Waals surface area contributed by atoms with Crippen LogP contribution in [-0.2, 0) is 13.1 Å². The SMILES string of the molecule is CN1CCN(c2onc(-c3ccc(F)cc3)c2CN(Cc2ccco2)C(=O)c2cccs2)CC1. The Hall–Kier alpha value is -3.43. The zero-order valence-electron chi connectivity index (χ0n) is 18.8. The molecule has 4 heterocycles. The molecule has 9 heteroatoms. The molecule has 3 aromatic heterocycles. The second-order valence-electron chi connectivity index (χ2n) is 8.33. The first-order chi connectivity index (χ1) is 16.6. The molecule has 0 atom stereocenters. The van der Waals surface area contributed by atoms with E-state index in [1.54, 1.807) is 23.3 Å². The fourth-order valence-corrected chi connectivity index (χ4v) is 4.76. The largest absolute Gasteiger partial charge is 0.467 e. The molecular weight excluding hydrogens is 455 g/mol. The monoisotopic (exact) mass is 480 g/mol. The van der Waals surface area contributed by atoms with Gasteiger partial charge in [-0.25, -0.2) is 4.39 Å². The van der Waals surface area contributed by atoms with E-state index in [-0.39, 0.29) is 18.3 Å². The van der Waals surface area contributed by atoms with Crippen LogP contribution < -0.4 is 4.90 Å². The van der Waals surface area contributed by atoms with Gasteiger partial charge < -0.3 is 23.6 Å². The molecule has 5 rings (SSSR count). The van der Waals surface area contributed by atoms with Crippen LogP contribution in [0.5, 0.6) is 0 Å². The number of nitrogens with zero attached hydrogens (tertiary/aromatic N) is 4. The standard InChI is InChI=1S/C25H25FN4O3S/c1-28-10-12-29(13-11-28)25-21(23(27-33-25)18-6-8-19(26)9-7-18)17-30(16-20-4-2-14-32-20)24(31)22-5-3-15-34-22/h2-9,14-15H,10-13,16-17H2,1H3. The third kappa shape index (κ3) is 4.76. The Morgan fingerprint density at radius 3 is 2.56 bits per heavy atom. The zero-order chi connectivity index (χ0) is 23.5. The average Bonchev–Trinajstić information content (AvgIpc) is 3.62. The lowest BCUT2D eigenvalue weighted by molar-refractivity contribution is 0.0723. The Kier molecular flexibility index (Phi) is 6.46. The van der Waals surface area contributed by atoms with Gasteiger partial charge in [-0.05, 0) is 54.9 Å². The van der Waals surface area contributed by atoms with Crippen molar-refractivity contribution in [3.8, 4) is 11.3 Å².